The van der Waals surface area contributed by atoms with Crippen molar-refractivity contribution in [2.45, 2.75) is 44.0 Å². The van der Waals surface area contributed by atoms with Crippen LogP contribution in [0.15, 0.2) is 47.4 Å². The Morgan fingerprint density at radius 2 is 1.79 bits per heavy atom. The molecule has 1 aliphatic heterocycles. The Morgan fingerprint density at radius 1 is 1.14 bits per heavy atom. The van der Waals surface area contributed by atoms with E-state index < -0.39 is 10.0 Å². The number of benzene rings is 2. The van der Waals surface area contributed by atoms with Crippen molar-refractivity contribution in [1.82, 2.24) is 9.62 Å². The van der Waals surface area contributed by atoms with Crippen LogP contribution < -0.4 is 10.1 Å². The molecule has 0 radical (unpaired) electrons. The van der Waals surface area contributed by atoms with E-state index in [2.05, 4.69) is 12.2 Å². The molecule has 1 heterocycles. The quantitative estimate of drug-likeness (QED) is 0.749. The summed E-state index contributed by atoms with van der Waals surface area (Å²) in [5.41, 5.74) is 2.52. The van der Waals surface area contributed by atoms with Crippen LogP contribution in [-0.4, -0.2) is 38.8 Å². The number of carbonyl (C=O) groups is 1. The molecule has 1 unspecified atom stereocenters. The van der Waals surface area contributed by atoms with E-state index in [1.54, 1.807) is 12.1 Å². The molecule has 1 aliphatic rings. The zero-order valence-corrected chi connectivity index (χ0v) is 18.0. The van der Waals surface area contributed by atoms with Crippen LogP contribution >= 0.6 is 0 Å². The lowest BCUT2D eigenvalue weighted by Gasteiger charge is -2.19. The van der Waals surface area contributed by atoms with E-state index in [9.17, 15) is 13.2 Å². The molecular formula is C22H28N2O4S. The van der Waals surface area contributed by atoms with Gasteiger partial charge in [-0.25, -0.2) is 8.42 Å². The minimum absolute atomic E-state index is 0.0366. The summed E-state index contributed by atoms with van der Waals surface area (Å²) in [7, 11) is -2.27. The predicted octanol–water partition coefficient (Wildman–Crippen LogP) is 3.53. The zero-order valence-electron chi connectivity index (χ0n) is 17.1. The number of methoxy groups -OCH3 is 1. The number of rotatable bonds is 7. The van der Waals surface area contributed by atoms with E-state index in [0.29, 0.717) is 18.7 Å². The highest BCUT2D eigenvalue weighted by Gasteiger charge is 2.30. The lowest BCUT2D eigenvalue weighted by molar-refractivity contribution is 0.0939. The highest BCUT2D eigenvalue weighted by Crippen LogP contribution is 2.30. The molecule has 2 aromatic carbocycles. The number of hydrogen-bond acceptors (Lipinski definition) is 4. The molecule has 29 heavy (non-hydrogen) atoms. The van der Waals surface area contributed by atoms with Crippen molar-refractivity contribution < 1.29 is 17.9 Å². The van der Waals surface area contributed by atoms with Gasteiger partial charge in [-0.05, 0) is 55.5 Å². The Labute approximate surface area is 172 Å². The molecule has 1 saturated heterocycles. The average molecular weight is 417 g/mol. The van der Waals surface area contributed by atoms with Crippen LogP contribution in [-0.2, 0) is 16.4 Å². The summed E-state index contributed by atoms with van der Waals surface area (Å²) >= 11 is 0. The molecule has 7 heteroatoms. The first kappa shape index (κ1) is 21.3. The SMILES string of the molecule is CCc1ccc(C(C)NC(=O)c2ccc(OC)c(S(=O)(=O)N3CCCC3)c2)cc1. The van der Waals surface area contributed by atoms with Crippen LogP contribution in [0.2, 0.25) is 0 Å². The molecule has 2 aromatic rings. The maximum atomic E-state index is 13.0. The number of nitrogens with zero attached hydrogens (tertiary/aromatic N) is 1. The third kappa shape index (κ3) is 4.62. The van der Waals surface area contributed by atoms with Crippen molar-refractivity contribution in [3.05, 3.63) is 59.2 Å². The highest BCUT2D eigenvalue weighted by molar-refractivity contribution is 7.89. The molecule has 156 valence electrons. The maximum Gasteiger partial charge on any atom is 0.251 e. The standard InChI is InChI=1S/C22H28N2O4S/c1-4-17-7-9-18(10-8-17)16(2)23-22(25)19-11-12-20(28-3)21(15-19)29(26,27)24-13-5-6-14-24/h7-12,15-16H,4-6,13-14H2,1-3H3,(H,23,25). The van der Waals surface area contributed by atoms with Gasteiger partial charge >= 0.3 is 0 Å². The Morgan fingerprint density at radius 3 is 2.38 bits per heavy atom. The number of sulfonamides is 1. The van der Waals surface area contributed by atoms with Crippen molar-refractivity contribution in [1.29, 1.82) is 0 Å². The molecule has 1 N–H and O–H groups in total. The third-order valence-corrected chi connectivity index (χ3v) is 7.26. The third-order valence-electron chi connectivity index (χ3n) is 5.34. The van der Waals surface area contributed by atoms with Crippen LogP contribution in [0.25, 0.3) is 0 Å². The van der Waals surface area contributed by atoms with E-state index in [1.807, 2.05) is 31.2 Å². The molecule has 0 bridgehead atoms. The van der Waals surface area contributed by atoms with Gasteiger partial charge in [0.25, 0.3) is 5.91 Å². The minimum atomic E-state index is -3.70. The second-order valence-electron chi connectivity index (χ2n) is 7.27. The molecule has 0 saturated carbocycles. The van der Waals surface area contributed by atoms with Gasteiger partial charge in [-0.3, -0.25) is 4.79 Å². The normalized spacial score (nSPS) is 15.8. The van der Waals surface area contributed by atoms with Crippen LogP contribution in [0.5, 0.6) is 5.75 Å². The van der Waals surface area contributed by atoms with Crippen molar-refractivity contribution in [3.63, 3.8) is 0 Å². The Balaban J connectivity index is 1.83. The first-order valence-corrected chi connectivity index (χ1v) is 11.4. The molecule has 6 nitrogen and oxygen atoms in total. The molecule has 1 fully saturated rings. The highest BCUT2D eigenvalue weighted by atomic mass is 32.2. The lowest BCUT2D eigenvalue weighted by Crippen LogP contribution is -2.29. The molecular weight excluding hydrogens is 388 g/mol. The summed E-state index contributed by atoms with van der Waals surface area (Å²) in [6.45, 7) is 4.99. The molecule has 0 aliphatic carbocycles. The average Bonchev–Trinajstić information content (AvgIpc) is 3.29. The van der Waals surface area contributed by atoms with E-state index in [-0.39, 0.29) is 22.6 Å². The number of ether oxygens (including phenoxy) is 1. The topological polar surface area (TPSA) is 75.7 Å². The number of amides is 1. The monoisotopic (exact) mass is 416 g/mol. The van der Waals surface area contributed by atoms with Gasteiger partial charge in [0.2, 0.25) is 10.0 Å². The molecule has 0 aromatic heterocycles. The Kier molecular flexibility index (Phi) is 6.59. The molecule has 0 spiro atoms. The summed E-state index contributed by atoms with van der Waals surface area (Å²) < 4.78 is 32.7. The first-order valence-electron chi connectivity index (χ1n) is 9.94. The Hall–Kier alpha value is -2.38. The summed E-state index contributed by atoms with van der Waals surface area (Å²) in [5, 5.41) is 2.95. The lowest BCUT2D eigenvalue weighted by atomic mass is 10.0. The molecule has 3 rings (SSSR count). The van der Waals surface area contributed by atoms with Gasteiger partial charge in [0.05, 0.1) is 13.2 Å². The van der Waals surface area contributed by atoms with Gasteiger partial charge in [-0.2, -0.15) is 4.31 Å². The fourth-order valence-corrected chi connectivity index (χ4v) is 5.19. The summed E-state index contributed by atoms with van der Waals surface area (Å²) in [6.07, 6.45) is 2.65. The van der Waals surface area contributed by atoms with E-state index >= 15 is 0 Å². The van der Waals surface area contributed by atoms with E-state index in [0.717, 1.165) is 24.8 Å². The maximum absolute atomic E-state index is 13.0. The smallest absolute Gasteiger partial charge is 0.251 e. The summed E-state index contributed by atoms with van der Waals surface area (Å²) in [4.78, 5) is 12.8. The second kappa shape index (κ2) is 8.97. The number of nitrogens with one attached hydrogen (secondary N) is 1. The molecule has 1 atom stereocenters. The van der Waals surface area contributed by atoms with Crippen LogP contribution in [0, 0.1) is 0 Å². The van der Waals surface area contributed by atoms with Crippen molar-refractivity contribution >= 4 is 15.9 Å². The van der Waals surface area contributed by atoms with Gasteiger partial charge in [-0.1, -0.05) is 31.2 Å². The number of aryl methyl sites for hydroxylation is 1. The van der Waals surface area contributed by atoms with Crippen LogP contribution in [0.1, 0.15) is 54.2 Å². The predicted molar refractivity (Wildman–Crippen MR) is 113 cm³/mol. The van der Waals surface area contributed by atoms with Gasteiger partial charge in [0, 0.05) is 18.7 Å². The second-order valence-corrected chi connectivity index (χ2v) is 9.17. The van der Waals surface area contributed by atoms with Gasteiger partial charge in [-0.15, -0.1) is 0 Å². The zero-order chi connectivity index (χ0) is 21.0. The van der Waals surface area contributed by atoms with Gasteiger partial charge < -0.3 is 10.1 Å². The largest absolute Gasteiger partial charge is 0.495 e. The minimum Gasteiger partial charge on any atom is -0.495 e. The first-order chi connectivity index (χ1) is 13.9. The van der Waals surface area contributed by atoms with Crippen LogP contribution in [0.4, 0.5) is 0 Å². The molecule has 1 amide bonds. The fraction of sp³-hybridized carbons (Fsp3) is 0.409. The number of carbonyl (C=O) groups excluding carboxylic acids is 1. The summed E-state index contributed by atoms with van der Waals surface area (Å²) in [5.74, 6) is -0.0748. The summed E-state index contributed by atoms with van der Waals surface area (Å²) in [6, 6.07) is 12.4. The van der Waals surface area contributed by atoms with Gasteiger partial charge in [0.1, 0.15) is 10.6 Å². The van der Waals surface area contributed by atoms with Crippen LogP contribution in [0.3, 0.4) is 0 Å². The van der Waals surface area contributed by atoms with Crippen molar-refractivity contribution in [2.24, 2.45) is 0 Å². The Bertz CT molecular complexity index is 965. The number of hydrogen-bond donors (Lipinski definition) is 1. The van der Waals surface area contributed by atoms with Crippen molar-refractivity contribution in [2.75, 3.05) is 20.2 Å². The van der Waals surface area contributed by atoms with E-state index in [4.69, 9.17) is 4.74 Å². The van der Waals surface area contributed by atoms with Gasteiger partial charge in [0.15, 0.2) is 0 Å². The fourth-order valence-electron chi connectivity index (χ4n) is 3.49. The van der Waals surface area contributed by atoms with E-state index in [1.165, 1.54) is 23.0 Å². The van der Waals surface area contributed by atoms with Crippen molar-refractivity contribution in [3.8, 4) is 5.75 Å².